The average Bonchev–Trinajstić information content (AvgIpc) is 2.96. The van der Waals surface area contributed by atoms with Crippen LogP contribution in [-0.2, 0) is 0 Å². The Morgan fingerprint density at radius 1 is 0.889 bits per heavy atom. The molecule has 0 atom stereocenters. The molecule has 2 aromatic rings. The number of carboxylic acid groups (broad SMARTS) is 3. The van der Waals surface area contributed by atoms with Crippen molar-refractivity contribution in [3.05, 3.63) is 40.3 Å². The summed E-state index contributed by atoms with van der Waals surface area (Å²) in [5.41, 5.74) is -3.21. The van der Waals surface area contributed by atoms with Gasteiger partial charge in [0.15, 0.2) is 0 Å². The van der Waals surface area contributed by atoms with E-state index in [0.717, 1.165) is 12.1 Å². The molecular formula is C14H9K3N2O8. The largest absolute Gasteiger partial charge is 1.00 e. The van der Waals surface area contributed by atoms with Crippen molar-refractivity contribution in [1.82, 2.24) is 9.97 Å². The fourth-order valence-electron chi connectivity index (χ4n) is 2.42. The number of carbonyl (C=O) groups is 5. The van der Waals surface area contributed by atoms with Crippen LogP contribution in [0.15, 0.2) is 12.1 Å². The minimum atomic E-state index is -1.58. The maximum absolute atomic E-state index is 12.1. The molecule has 0 aromatic carbocycles. The topological polar surface area (TPSA) is 175 Å². The van der Waals surface area contributed by atoms with Crippen molar-refractivity contribution in [2.75, 3.05) is 0 Å². The molecule has 1 aliphatic carbocycles. The Morgan fingerprint density at radius 3 is 1.96 bits per heavy atom. The first-order chi connectivity index (χ1) is 11.2. The van der Waals surface area contributed by atoms with Crippen LogP contribution in [0, 0.1) is 0 Å². The number of nitrogens with one attached hydrogen (secondary N) is 1. The molecular weight excluding hydrogens is 441 g/mol. The van der Waals surface area contributed by atoms with Crippen LogP contribution in [0.5, 0.6) is 0 Å². The van der Waals surface area contributed by atoms with E-state index in [2.05, 4.69) is 9.97 Å². The summed E-state index contributed by atoms with van der Waals surface area (Å²) < 4.78 is 0. The quantitative estimate of drug-likeness (QED) is 0.261. The van der Waals surface area contributed by atoms with Crippen molar-refractivity contribution < 1.29 is 198 Å². The van der Waals surface area contributed by atoms with Crippen LogP contribution in [0.3, 0.4) is 0 Å². The van der Waals surface area contributed by atoms with Gasteiger partial charge in [0.2, 0.25) is 5.78 Å². The van der Waals surface area contributed by atoms with E-state index in [9.17, 15) is 29.1 Å². The van der Waals surface area contributed by atoms with Crippen LogP contribution in [0.1, 0.15) is 56.5 Å². The van der Waals surface area contributed by atoms with E-state index in [4.69, 9.17) is 10.2 Å². The maximum atomic E-state index is 12.1. The van der Waals surface area contributed by atoms with Gasteiger partial charge in [0.05, 0.1) is 16.8 Å². The number of carbonyl (C=O) groups excluding carboxylic acids is 2. The summed E-state index contributed by atoms with van der Waals surface area (Å²) in [4.78, 5) is 63.7. The average molecular weight is 451 g/mol. The third-order valence-electron chi connectivity index (χ3n) is 3.43. The maximum Gasteiger partial charge on any atom is 1.00 e. The minimum Gasteiger partial charge on any atom is -1.00 e. The van der Waals surface area contributed by atoms with Gasteiger partial charge in [-0.25, -0.2) is 19.4 Å². The predicted molar refractivity (Wildman–Crippen MR) is 76.9 cm³/mol. The van der Waals surface area contributed by atoms with E-state index in [1.807, 2.05) is 0 Å². The van der Waals surface area contributed by atoms with E-state index in [1.54, 1.807) is 0 Å². The van der Waals surface area contributed by atoms with Gasteiger partial charge in [0.1, 0.15) is 17.1 Å². The SMILES string of the molecule is O=C(O)c1cc(C(=O)O)c2c(n1)C(=O)C(=O)c1cc(C(=O)O)[nH]c1-2.[H-].[H-].[H-].[K+].[K+].[K+]. The normalized spacial score (nSPS) is 11.1. The number of aromatic carboxylic acids is 3. The van der Waals surface area contributed by atoms with Crippen molar-refractivity contribution in [2.45, 2.75) is 0 Å². The molecule has 1 aliphatic rings. The van der Waals surface area contributed by atoms with E-state index in [-0.39, 0.29) is 175 Å². The number of hydrogen-bond donors (Lipinski definition) is 4. The van der Waals surface area contributed by atoms with Crippen LogP contribution in [0.2, 0.25) is 0 Å². The van der Waals surface area contributed by atoms with Gasteiger partial charge in [0, 0.05) is 5.56 Å². The number of ketones is 2. The monoisotopic (exact) mass is 450 g/mol. The number of H-pyrrole nitrogens is 1. The first-order valence-electron chi connectivity index (χ1n) is 6.29. The molecule has 0 radical (unpaired) electrons. The summed E-state index contributed by atoms with van der Waals surface area (Å²) in [5, 5.41) is 27.3. The smallest absolute Gasteiger partial charge is 1.00 e. The first kappa shape index (κ1) is 28.1. The molecule has 2 aromatic heterocycles. The van der Waals surface area contributed by atoms with Crippen LogP contribution in [0.25, 0.3) is 11.3 Å². The molecule has 0 spiro atoms. The van der Waals surface area contributed by atoms with E-state index >= 15 is 0 Å². The Morgan fingerprint density at radius 2 is 1.48 bits per heavy atom. The molecule has 0 fully saturated rings. The Balaban J connectivity index is -0.000000563. The van der Waals surface area contributed by atoms with Gasteiger partial charge < -0.3 is 24.6 Å². The van der Waals surface area contributed by atoms with Gasteiger partial charge in [0.25, 0.3) is 5.78 Å². The molecule has 4 N–H and O–H groups in total. The third kappa shape index (κ3) is 5.23. The molecule has 10 nitrogen and oxygen atoms in total. The fourth-order valence-corrected chi connectivity index (χ4v) is 2.42. The van der Waals surface area contributed by atoms with Crippen molar-refractivity contribution >= 4 is 29.5 Å². The number of aromatic nitrogens is 2. The number of Topliss-reactive ketones (excluding diaryl/α,β-unsaturated/α-hetero) is 2. The van der Waals surface area contributed by atoms with Crippen LogP contribution >= 0.6 is 0 Å². The number of hydrogen-bond acceptors (Lipinski definition) is 6. The summed E-state index contributed by atoms with van der Waals surface area (Å²) in [7, 11) is 0. The molecule has 13 heteroatoms. The first-order valence-corrected chi connectivity index (χ1v) is 6.29. The van der Waals surface area contributed by atoms with E-state index in [0.29, 0.717) is 0 Å². The number of carboxylic acids is 3. The molecule has 2 heterocycles. The van der Waals surface area contributed by atoms with Crippen molar-refractivity contribution in [2.24, 2.45) is 0 Å². The Bertz CT molecular complexity index is 1010. The molecule has 0 amide bonds. The zero-order chi connectivity index (χ0) is 17.8. The second-order valence-corrected chi connectivity index (χ2v) is 4.82. The van der Waals surface area contributed by atoms with E-state index < -0.39 is 52.1 Å². The van der Waals surface area contributed by atoms with Gasteiger partial charge in [-0.15, -0.1) is 0 Å². The number of fused-ring (bicyclic) bond motifs is 3. The molecule has 0 aliphatic heterocycles. The molecule has 0 saturated heterocycles. The third-order valence-corrected chi connectivity index (χ3v) is 3.43. The summed E-state index contributed by atoms with van der Waals surface area (Å²) >= 11 is 0. The van der Waals surface area contributed by atoms with Crippen LogP contribution in [-0.4, -0.2) is 54.8 Å². The number of nitrogens with zero attached hydrogens (tertiary/aromatic N) is 1. The van der Waals surface area contributed by atoms with Gasteiger partial charge in [-0.2, -0.15) is 0 Å². The second-order valence-electron chi connectivity index (χ2n) is 4.82. The minimum absolute atomic E-state index is 0. The van der Waals surface area contributed by atoms with Gasteiger partial charge >= 0.3 is 172 Å². The van der Waals surface area contributed by atoms with Crippen molar-refractivity contribution in [1.29, 1.82) is 0 Å². The Kier molecular flexibility index (Phi) is 11.4. The molecule has 0 unspecified atom stereocenters. The summed E-state index contributed by atoms with van der Waals surface area (Å²) in [5.74, 6) is -6.87. The zero-order valence-corrected chi connectivity index (χ0v) is 23.9. The molecule has 3 rings (SSSR count). The summed E-state index contributed by atoms with van der Waals surface area (Å²) in [6.45, 7) is 0. The molecule has 126 valence electrons. The predicted octanol–water partition coefficient (Wildman–Crippen LogP) is -8.10. The van der Waals surface area contributed by atoms with Crippen LogP contribution in [0.4, 0.5) is 0 Å². The zero-order valence-electron chi connectivity index (χ0n) is 17.5. The van der Waals surface area contributed by atoms with Crippen molar-refractivity contribution in [3.8, 4) is 11.3 Å². The summed E-state index contributed by atoms with van der Waals surface area (Å²) in [6, 6.07) is 1.65. The van der Waals surface area contributed by atoms with E-state index in [1.165, 1.54) is 0 Å². The van der Waals surface area contributed by atoms with Gasteiger partial charge in [-0.1, -0.05) is 0 Å². The summed E-state index contributed by atoms with van der Waals surface area (Å²) in [6.07, 6.45) is 0. The molecule has 0 bridgehead atoms. The number of rotatable bonds is 3. The Hall–Kier alpha value is 1.09. The molecule has 0 saturated carbocycles. The molecule has 27 heavy (non-hydrogen) atoms. The standard InChI is InChI=1S/C14H6N2O8.3K.3H/c17-10-4-2-6(14(23)24)15-8(4)7-3(12(19)20)1-5(13(21)22)16-9(7)11(10)18;;;;;;/h1-2,15H,(H,19,20)(H,21,22)(H,23,24);;;;;;/q;3*+1;3*-1. The van der Waals surface area contributed by atoms with Crippen LogP contribution < -0.4 is 154 Å². The number of aromatic amines is 1. The Labute approximate surface area is 282 Å². The second kappa shape index (κ2) is 10.9. The van der Waals surface area contributed by atoms with Gasteiger partial charge in [-0.05, 0) is 12.1 Å². The number of pyridine rings is 1. The van der Waals surface area contributed by atoms with Gasteiger partial charge in [-0.3, -0.25) is 9.59 Å². The van der Waals surface area contributed by atoms with Crippen molar-refractivity contribution in [3.63, 3.8) is 0 Å². The fraction of sp³-hybridized carbons (Fsp3) is 0.